The second-order valence-electron chi connectivity index (χ2n) is 2.84. The number of halogens is 1. The highest BCUT2D eigenvalue weighted by Crippen LogP contribution is 2.14. The van der Waals surface area contributed by atoms with Crippen LogP contribution in [0, 0.1) is 0 Å². The van der Waals surface area contributed by atoms with Gasteiger partial charge >= 0.3 is 0 Å². The first-order valence-corrected chi connectivity index (χ1v) is 6.11. The molecule has 0 bridgehead atoms. The van der Waals surface area contributed by atoms with Crippen LogP contribution in [-0.2, 0) is 0 Å². The van der Waals surface area contributed by atoms with Crippen molar-refractivity contribution in [1.82, 2.24) is 10.3 Å². The van der Waals surface area contributed by atoms with Crippen LogP contribution in [0.5, 0.6) is 0 Å². The maximum Gasteiger partial charge on any atom is 0.0573 e. The predicted molar refractivity (Wildman–Crippen MR) is 64.2 cm³/mol. The monoisotopic (exact) mass is 290 g/mol. The van der Waals surface area contributed by atoms with Crippen molar-refractivity contribution < 1.29 is 0 Å². The summed E-state index contributed by atoms with van der Waals surface area (Å²) < 4.78 is 1.16. The third-order valence-electron chi connectivity index (χ3n) is 1.89. The lowest BCUT2D eigenvalue weighted by molar-refractivity contribution is 0.531. The molecule has 0 radical (unpaired) electrons. The average Bonchev–Trinajstić information content (AvgIpc) is 2.19. The fourth-order valence-electron chi connectivity index (χ4n) is 1.29. The van der Waals surface area contributed by atoms with Gasteiger partial charge in [0.05, 0.1) is 11.7 Å². The van der Waals surface area contributed by atoms with Crippen LogP contribution in [0.1, 0.15) is 25.1 Å². The Kier molecular flexibility index (Phi) is 5.31. The van der Waals surface area contributed by atoms with Crippen molar-refractivity contribution in [1.29, 1.82) is 0 Å². The van der Waals surface area contributed by atoms with E-state index in [0.29, 0.717) is 6.04 Å². The zero-order valence-corrected chi connectivity index (χ0v) is 9.99. The van der Waals surface area contributed by atoms with Gasteiger partial charge in [-0.1, -0.05) is 35.6 Å². The molecule has 1 atom stereocenters. The standard InChI is InChI=1S/C10H15IN2/c1-2-12-10(6-7-11)9-5-3-4-8-13-9/h3-5,8,10,12H,2,6-7H2,1H3. The van der Waals surface area contributed by atoms with Crippen LogP contribution in [0.25, 0.3) is 0 Å². The number of aromatic nitrogens is 1. The summed E-state index contributed by atoms with van der Waals surface area (Å²) in [5.41, 5.74) is 1.15. The number of nitrogens with one attached hydrogen (secondary N) is 1. The quantitative estimate of drug-likeness (QED) is 0.666. The summed E-state index contributed by atoms with van der Waals surface area (Å²) in [5.74, 6) is 0. The molecule has 0 saturated carbocycles. The Morgan fingerprint density at radius 3 is 2.92 bits per heavy atom. The molecule has 0 saturated heterocycles. The van der Waals surface area contributed by atoms with Gasteiger partial charge in [-0.25, -0.2) is 0 Å². The lowest BCUT2D eigenvalue weighted by atomic mass is 10.1. The summed E-state index contributed by atoms with van der Waals surface area (Å²) in [6.07, 6.45) is 3.00. The molecule has 3 heteroatoms. The maximum atomic E-state index is 4.35. The van der Waals surface area contributed by atoms with Crippen molar-refractivity contribution in [3.63, 3.8) is 0 Å². The minimum Gasteiger partial charge on any atom is -0.309 e. The summed E-state index contributed by atoms with van der Waals surface area (Å²) in [7, 11) is 0. The molecule has 0 aliphatic rings. The van der Waals surface area contributed by atoms with Crippen LogP contribution in [-0.4, -0.2) is 16.0 Å². The minimum atomic E-state index is 0.420. The molecule has 1 N–H and O–H groups in total. The fraction of sp³-hybridized carbons (Fsp3) is 0.500. The molecule has 0 amide bonds. The van der Waals surface area contributed by atoms with Gasteiger partial charge in [-0.3, -0.25) is 4.98 Å². The van der Waals surface area contributed by atoms with E-state index in [1.54, 1.807) is 0 Å². The van der Waals surface area contributed by atoms with Crippen LogP contribution in [0.2, 0.25) is 0 Å². The molecule has 0 aliphatic heterocycles. The average molecular weight is 290 g/mol. The number of rotatable bonds is 5. The van der Waals surface area contributed by atoms with Crippen LogP contribution < -0.4 is 5.32 Å². The lowest BCUT2D eigenvalue weighted by Gasteiger charge is -2.15. The van der Waals surface area contributed by atoms with Crippen LogP contribution in [0.4, 0.5) is 0 Å². The van der Waals surface area contributed by atoms with Gasteiger partial charge < -0.3 is 5.32 Å². The molecule has 0 aromatic carbocycles. The minimum absolute atomic E-state index is 0.420. The Hall–Kier alpha value is -0.160. The third-order valence-corrected chi connectivity index (χ3v) is 2.52. The highest BCUT2D eigenvalue weighted by atomic mass is 127. The first kappa shape index (κ1) is 10.9. The predicted octanol–water partition coefficient (Wildman–Crippen LogP) is 2.56. The van der Waals surface area contributed by atoms with Gasteiger partial charge in [-0.15, -0.1) is 0 Å². The second kappa shape index (κ2) is 6.32. The molecule has 1 unspecified atom stereocenters. The summed E-state index contributed by atoms with van der Waals surface area (Å²) in [6.45, 7) is 3.13. The van der Waals surface area contributed by atoms with E-state index in [-0.39, 0.29) is 0 Å². The highest BCUT2D eigenvalue weighted by Gasteiger charge is 2.09. The molecule has 13 heavy (non-hydrogen) atoms. The Labute approximate surface area is 93.3 Å². The Morgan fingerprint density at radius 2 is 2.38 bits per heavy atom. The van der Waals surface area contributed by atoms with Gasteiger partial charge in [0, 0.05) is 10.6 Å². The van der Waals surface area contributed by atoms with Gasteiger partial charge in [-0.2, -0.15) is 0 Å². The van der Waals surface area contributed by atoms with E-state index >= 15 is 0 Å². The summed E-state index contributed by atoms with van der Waals surface area (Å²) in [4.78, 5) is 4.35. The van der Waals surface area contributed by atoms with Crippen LogP contribution in [0.15, 0.2) is 24.4 Å². The van der Waals surface area contributed by atoms with Crippen molar-refractivity contribution in [3.8, 4) is 0 Å². The smallest absolute Gasteiger partial charge is 0.0573 e. The van der Waals surface area contributed by atoms with E-state index in [1.165, 1.54) is 0 Å². The second-order valence-corrected chi connectivity index (χ2v) is 3.92. The highest BCUT2D eigenvalue weighted by molar-refractivity contribution is 14.1. The topological polar surface area (TPSA) is 24.9 Å². The van der Waals surface area contributed by atoms with Crippen molar-refractivity contribution >= 4 is 22.6 Å². The maximum absolute atomic E-state index is 4.35. The Morgan fingerprint density at radius 1 is 1.54 bits per heavy atom. The molecule has 2 nitrogen and oxygen atoms in total. The van der Waals surface area contributed by atoms with Gasteiger partial charge in [0.1, 0.15) is 0 Å². The molecule has 0 aliphatic carbocycles. The molecular weight excluding hydrogens is 275 g/mol. The van der Waals surface area contributed by atoms with Gasteiger partial charge in [0.25, 0.3) is 0 Å². The summed E-state index contributed by atoms with van der Waals surface area (Å²) in [6, 6.07) is 6.50. The lowest BCUT2D eigenvalue weighted by Crippen LogP contribution is -2.22. The first-order valence-electron chi connectivity index (χ1n) is 4.58. The van der Waals surface area contributed by atoms with E-state index < -0.39 is 0 Å². The number of nitrogens with zero attached hydrogens (tertiary/aromatic N) is 1. The van der Waals surface area contributed by atoms with E-state index in [4.69, 9.17) is 0 Å². The number of hydrogen-bond acceptors (Lipinski definition) is 2. The first-order chi connectivity index (χ1) is 6.38. The SMILES string of the molecule is CCNC(CCI)c1ccccn1. The number of hydrogen-bond donors (Lipinski definition) is 1. The third kappa shape index (κ3) is 3.60. The van der Waals surface area contributed by atoms with Crippen molar-refractivity contribution in [2.45, 2.75) is 19.4 Å². The largest absolute Gasteiger partial charge is 0.309 e. The van der Waals surface area contributed by atoms with E-state index in [0.717, 1.165) is 23.1 Å². The fourth-order valence-corrected chi connectivity index (χ4v) is 1.91. The molecule has 1 heterocycles. The van der Waals surface area contributed by atoms with Gasteiger partial charge in [0.15, 0.2) is 0 Å². The summed E-state index contributed by atoms with van der Waals surface area (Å²) >= 11 is 2.40. The van der Waals surface area contributed by atoms with Crippen LogP contribution >= 0.6 is 22.6 Å². The molecule has 1 rings (SSSR count). The van der Waals surface area contributed by atoms with Gasteiger partial charge in [0.2, 0.25) is 0 Å². The molecule has 0 fully saturated rings. The molecule has 1 aromatic rings. The Bertz CT molecular complexity index is 220. The zero-order valence-electron chi connectivity index (χ0n) is 7.83. The van der Waals surface area contributed by atoms with Crippen molar-refractivity contribution in [2.24, 2.45) is 0 Å². The van der Waals surface area contributed by atoms with Crippen molar-refractivity contribution in [3.05, 3.63) is 30.1 Å². The number of pyridine rings is 1. The van der Waals surface area contributed by atoms with E-state index in [1.807, 2.05) is 18.3 Å². The number of alkyl halides is 1. The molecule has 1 aromatic heterocycles. The van der Waals surface area contributed by atoms with Crippen molar-refractivity contribution in [2.75, 3.05) is 11.0 Å². The zero-order chi connectivity index (χ0) is 9.52. The van der Waals surface area contributed by atoms with E-state index in [2.05, 4.69) is 45.9 Å². The summed E-state index contributed by atoms with van der Waals surface area (Å²) in [5, 5.41) is 3.43. The molecule has 72 valence electrons. The van der Waals surface area contributed by atoms with Crippen LogP contribution in [0.3, 0.4) is 0 Å². The molecule has 0 spiro atoms. The normalized spacial score (nSPS) is 12.8. The van der Waals surface area contributed by atoms with Gasteiger partial charge in [-0.05, 0) is 25.1 Å². The van der Waals surface area contributed by atoms with E-state index in [9.17, 15) is 0 Å². The Balaban J connectivity index is 2.64. The molecular formula is C10H15IN2.